The zero-order chi connectivity index (χ0) is 14.6. The number of carbonyl (C=O) groups excluding carboxylic acids is 1. The lowest BCUT2D eigenvalue weighted by molar-refractivity contribution is -0.394. The number of carbonyl (C=O) groups is 1. The zero-order valence-corrected chi connectivity index (χ0v) is 10.7. The van der Waals surface area contributed by atoms with Crippen molar-refractivity contribution in [1.82, 2.24) is 0 Å². The second kappa shape index (κ2) is 6.03. The molecule has 19 heavy (non-hydrogen) atoms. The van der Waals surface area contributed by atoms with Crippen LogP contribution in [0.4, 0.5) is 11.4 Å². The Balaban J connectivity index is 3.10. The third-order valence-electron chi connectivity index (χ3n) is 2.90. The van der Waals surface area contributed by atoms with Gasteiger partial charge >= 0.3 is 0 Å². The maximum absolute atomic E-state index is 11.5. The number of rotatable bonds is 6. The normalized spacial score (nSPS) is 11.9. The summed E-state index contributed by atoms with van der Waals surface area (Å²) in [5, 5.41) is 21.5. The summed E-state index contributed by atoms with van der Waals surface area (Å²) in [4.78, 5) is 31.7. The van der Waals surface area contributed by atoms with Crippen LogP contribution < -0.4 is 0 Å². The van der Waals surface area contributed by atoms with Crippen molar-refractivity contribution in [3.63, 3.8) is 0 Å². The van der Waals surface area contributed by atoms with Crippen LogP contribution >= 0.6 is 0 Å². The van der Waals surface area contributed by atoms with Crippen molar-refractivity contribution in [2.24, 2.45) is 5.92 Å². The highest BCUT2D eigenvalue weighted by Gasteiger charge is 2.22. The van der Waals surface area contributed by atoms with E-state index in [0.717, 1.165) is 6.07 Å². The lowest BCUT2D eigenvalue weighted by atomic mass is 9.94. The maximum atomic E-state index is 11.5. The molecule has 0 fully saturated rings. The summed E-state index contributed by atoms with van der Waals surface area (Å²) in [6.45, 7) is 3.42. The van der Waals surface area contributed by atoms with Gasteiger partial charge in [0.25, 0.3) is 11.4 Å². The number of nitrogens with zero attached hydrogens (tertiary/aromatic N) is 2. The van der Waals surface area contributed by atoms with Crippen LogP contribution in [0.1, 0.15) is 25.8 Å². The first-order valence-electron chi connectivity index (χ1n) is 5.81. The summed E-state index contributed by atoms with van der Waals surface area (Å²) >= 11 is 0. The first-order valence-corrected chi connectivity index (χ1v) is 5.81. The number of hydrogen-bond donors (Lipinski definition) is 0. The Morgan fingerprint density at radius 2 is 1.89 bits per heavy atom. The van der Waals surface area contributed by atoms with Gasteiger partial charge in [-0.1, -0.05) is 13.8 Å². The molecule has 0 aliphatic carbocycles. The molecular weight excluding hydrogens is 252 g/mol. The van der Waals surface area contributed by atoms with Gasteiger partial charge in [0.1, 0.15) is 5.78 Å². The van der Waals surface area contributed by atoms with Gasteiger partial charge < -0.3 is 0 Å². The number of benzene rings is 1. The molecule has 1 rings (SSSR count). The van der Waals surface area contributed by atoms with E-state index >= 15 is 0 Å². The Labute approximate surface area is 109 Å². The summed E-state index contributed by atoms with van der Waals surface area (Å²) < 4.78 is 0. The van der Waals surface area contributed by atoms with Gasteiger partial charge in [0, 0.05) is 24.0 Å². The van der Waals surface area contributed by atoms with Gasteiger partial charge in [0.15, 0.2) is 0 Å². The second-order valence-electron chi connectivity index (χ2n) is 4.25. The topological polar surface area (TPSA) is 103 Å². The minimum Gasteiger partial charge on any atom is -0.299 e. The van der Waals surface area contributed by atoms with Crippen molar-refractivity contribution in [1.29, 1.82) is 0 Å². The van der Waals surface area contributed by atoms with E-state index in [4.69, 9.17) is 0 Å². The fourth-order valence-electron chi connectivity index (χ4n) is 1.80. The van der Waals surface area contributed by atoms with E-state index < -0.39 is 9.85 Å². The van der Waals surface area contributed by atoms with Crippen LogP contribution in [0.15, 0.2) is 18.2 Å². The van der Waals surface area contributed by atoms with Crippen molar-refractivity contribution in [3.05, 3.63) is 44.0 Å². The molecule has 0 bridgehead atoms. The quantitative estimate of drug-likeness (QED) is 0.581. The Bertz CT molecular complexity index is 527. The molecule has 0 amide bonds. The highest BCUT2D eigenvalue weighted by Crippen LogP contribution is 2.27. The van der Waals surface area contributed by atoms with Crippen LogP contribution in [-0.4, -0.2) is 15.6 Å². The fraction of sp³-hybridized carbons (Fsp3) is 0.417. The van der Waals surface area contributed by atoms with Crippen LogP contribution in [0.3, 0.4) is 0 Å². The van der Waals surface area contributed by atoms with E-state index in [9.17, 15) is 25.0 Å². The number of ketones is 1. The summed E-state index contributed by atoms with van der Waals surface area (Å²) in [6.07, 6.45) is 0.572. The zero-order valence-electron chi connectivity index (χ0n) is 10.7. The van der Waals surface area contributed by atoms with Crippen molar-refractivity contribution in [2.75, 3.05) is 0 Å². The molecule has 1 aromatic rings. The third kappa shape index (κ3) is 3.57. The molecule has 0 heterocycles. The largest absolute Gasteiger partial charge is 0.299 e. The molecule has 1 aromatic carbocycles. The second-order valence-corrected chi connectivity index (χ2v) is 4.25. The van der Waals surface area contributed by atoms with Crippen molar-refractivity contribution in [3.8, 4) is 0 Å². The van der Waals surface area contributed by atoms with E-state index in [-0.39, 0.29) is 29.5 Å². The van der Waals surface area contributed by atoms with Crippen LogP contribution in [0.5, 0.6) is 0 Å². The van der Waals surface area contributed by atoms with E-state index in [2.05, 4.69) is 0 Å². The molecule has 0 aromatic heterocycles. The summed E-state index contributed by atoms with van der Waals surface area (Å²) in [5.41, 5.74) is -0.306. The number of non-ortho nitro benzene ring substituents is 1. The summed E-state index contributed by atoms with van der Waals surface area (Å²) in [6, 6.07) is 3.49. The van der Waals surface area contributed by atoms with Gasteiger partial charge in [0.05, 0.1) is 15.9 Å². The standard InChI is InChI=1S/C12H14N2O5/c1-3-12(15)8(2)6-9-4-5-10(13(16)17)7-11(9)14(18)19/h4-5,7-8H,3,6H2,1-2H3. The molecule has 1 atom stereocenters. The van der Waals surface area contributed by atoms with E-state index in [0.29, 0.717) is 12.0 Å². The molecule has 0 spiro atoms. The average Bonchev–Trinajstić information content (AvgIpc) is 2.37. The predicted octanol–water partition coefficient (Wildman–Crippen LogP) is 2.66. The minimum atomic E-state index is -0.683. The van der Waals surface area contributed by atoms with Gasteiger partial charge in [-0.3, -0.25) is 25.0 Å². The van der Waals surface area contributed by atoms with Crippen LogP contribution in [0, 0.1) is 26.1 Å². The maximum Gasteiger partial charge on any atom is 0.279 e. The number of hydrogen-bond acceptors (Lipinski definition) is 5. The van der Waals surface area contributed by atoms with Crippen molar-refractivity contribution < 1.29 is 14.6 Å². The van der Waals surface area contributed by atoms with Gasteiger partial charge in [-0.2, -0.15) is 0 Å². The fourth-order valence-corrected chi connectivity index (χ4v) is 1.80. The van der Waals surface area contributed by atoms with Gasteiger partial charge in [-0.15, -0.1) is 0 Å². The van der Waals surface area contributed by atoms with E-state index in [1.165, 1.54) is 12.1 Å². The average molecular weight is 266 g/mol. The predicted molar refractivity (Wildman–Crippen MR) is 67.9 cm³/mol. The van der Waals surface area contributed by atoms with Gasteiger partial charge in [-0.25, -0.2) is 0 Å². The Kier molecular flexibility index (Phi) is 4.68. The Morgan fingerprint density at radius 1 is 1.26 bits per heavy atom. The molecule has 0 aliphatic rings. The molecule has 0 N–H and O–H groups in total. The molecule has 0 saturated heterocycles. The van der Waals surface area contributed by atoms with Gasteiger partial charge in [0.2, 0.25) is 0 Å². The van der Waals surface area contributed by atoms with E-state index in [1.54, 1.807) is 13.8 Å². The number of nitro benzene ring substituents is 2. The first kappa shape index (κ1) is 14.7. The smallest absolute Gasteiger partial charge is 0.279 e. The minimum absolute atomic E-state index is 0.00708. The Hall–Kier alpha value is -2.31. The van der Waals surface area contributed by atoms with Crippen molar-refractivity contribution >= 4 is 17.2 Å². The number of nitro groups is 2. The third-order valence-corrected chi connectivity index (χ3v) is 2.90. The van der Waals surface area contributed by atoms with Crippen LogP contribution in [0.2, 0.25) is 0 Å². The molecule has 0 radical (unpaired) electrons. The Morgan fingerprint density at radius 3 is 2.37 bits per heavy atom. The lowest BCUT2D eigenvalue weighted by Crippen LogP contribution is -2.13. The molecular formula is C12H14N2O5. The van der Waals surface area contributed by atoms with Crippen LogP contribution in [-0.2, 0) is 11.2 Å². The molecule has 0 aliphatic heterocycles. The van der Waals surface area contributed by atoms with Crippen LogP contribution in [0.25, 0.3) is 0 Å². The highest BCUT2D eigenvalue weighted by atomic mass is 16.6. The molecule has 7 nitrogen and oxygen atoms in total. The monoisotopic (exact) mass is 266 g/mol. The SMILES string of the molecule is CCC(=O)C(C)Cc1ccc([N+](=O)[O-])cc1[N+](=O)[O-]. The highest BCUT2D eigenvalue weighted by molar-refractivity contribution is 5.80. The molecule has 102 valence electrons. The first-order chi connectivity index (χ1) is 8.86. The lowest BCUT2D eigenvalue weighted by Gasteiger charge is -2.09. The van der Waals surface area contributed by atoms with Gasteiger partial charge in [-0.05, 0) is 12.5 Å². The molecule has 7 heteroatoms. The van der Waals surface area contributed by atoms with Crippen molar-refractivity contribution in [2.45, 2.75) is 26.7 Å². The summed E-state index contributed by atoms with van der Waals surface area (Å²) in [7, 11) is 0. The number of Topliss-reactive ketones (excluding diaryl/α,β-unsaturated/α-hetero) is 1. The van der Waals surface area contributed by atoms with E-state index in [1.807, 2.05) is 0 Å². The summed E-state index contributed by atoms with van der Waals surface area (Å²) in [5.74, 6) is -0.335. The molecule has 1 unspecified atom stereocenters. The molecule has 0 saturated carbocycles.